The fraction of sp³-hybridized carbons (Fsp3) is 0.875. The number of amides is 2. The van der Waals surface area contributed by atoms with E-state index in [9.17, 15) is 4.79 Å². The Morgan fingerprint density at radius 3 is 2.75 bits per heavy atom. The average Bonchev–Trinajstić information content (AvgIpc) is 2.03. The Hall–Kier alpha value is -0.770. The number of nitrogens with zero attached hydrogens (tertiary/aromatic N) is 2. The third-order valence-electron chi connectivity index (χ3n) is 2.02. The van der Waals surface area contributed by atoms with Gasteiger partial charge in [-0.3, -0.25) is 0 Å². The van der Waals surface area contributed by atoms with E-state index < -0.39 is 0 Å². The summed E-state index contributed by atoms with van der Waals surface area (Å²) >= 11 is 0. The van der Waals surface area contributed by atoms with Crippen molar-refractivity contribution >= 4 is 6.03 Å². The van der Waals surface area contributed by atoms with Gasteiger partial charge < -0.3 is 15.1 Å². The number of nitrogens with one attached hydrogen (secondary N) is 1. The van der Waals surface area contributed by atoms with E-state index in [-0.39, 0.29) is 6.03 Å². The Kier molecular flexibility index (Phi) is 2.92. The number of piperazine rings is 1. The Labute approximate surface area is 73.5 Å². The summed E-state index contributed by atoms with van der Waals surface area (Å²) in [5.74, 6) is 0. The van der Waals surface area contributed by atoms with E-state index in [0.29, 0.717) is 6.04 Å². The normalized spacial score (nSPS) is 23.9. The molecule has 1 aliphatic heterocycles. The average molecular weight is 171 g/mol. The molecule has 0 aromatic carbocycles. The zero-order chi connectivity index (χ0) is 9.14. The van der Waals surface area contributed by atoms with Crippen molar-refractivity contribution < 1.29 is 4.79 Å². The van der Waals surface area contributed by atoms with E-state index in [2.05, 4.69) is 12.2 Å². The standard InChI is InChI=1S/C8H17N3O/c1-7-6-11(5-4-9-7)8(12)10(2)3/h7,9H,4-6H2,1-3H3. The fourth-order valence-electron chi connectivity index (χ4n) is 1.39. The summed E-state index contributed by atoms with van der Waals surface area (Å²) in [6.07, 6.45) is 0. The molecule has 1 aliphatic rings. The maximum Gasteiger partial charge on any atom is 0.319 e. The minimum Gasteiger partial charge on any atom is -0.331 e. The van der Waals surface area contributed by atoms with E-state index in [1.54, 1.807) is 19.0 Å². The van der Waals surface area contributed by atoms with Crippen molar-refractivity contribution in [2.24, 2.45) is 0 Å². The molecule has 2 amide bonds. The minimum absolute atomic E-state index is 0.114. The molecule has 1 N–H and O–H groups in total. The zero-order valence-electron chi connectivity index (χ0n) is 8.00. The second-order valence-electron chi connectivity index (χ2n) is 3.48. The highest BCUT2D eigenvalue weighted by atomic mass is 16.2. The van der Waals surface area contributed by atoms with Crippen LogP contribution >= 0.6 is 0 Å². The van der Waals surface area contributed by atoms with Crippen LogP contribution in [0, 0.1) is 0 Å². The molecule has 1 heterocycles. The summed E-state index contributed by atoms with van der Waals surface area (Å²) < 4.78 is 0. The van der Waals surface area contributed by atoms with Gasteiger partial charge in [0.1, 0.15) is 0 Å². The molecule has 70 valence electrons. The lowest BCUT2D eigenvalue weighted by Crippen LogP contribution is -2.53. The van der Waals surface area contributed by atoms with Crippen molar-refractivity contribution in [2.45, 2.75) is 13.0 Å². The highest BCUT2D eigenvalue weighted by Crippen LogP contribution is 2.00. The van der Waals surface area contributed by atoms with Crippen LogP contribution in [0.2, 0.25) is 0 Å². The van der Waals surface area contributed by atoms with E-state index in [4.69, 9.17) is 0 Å². The van der Waals surface area contributed by atoms with Crippen LogP contribution in [0.1, 0.15) is 6.92 Å². The van der Waals surface area contributed by atoms with Crippen LogP contribution in [0.25, 0.3) is 0 Å². The monoisotopic (exact) mass is 171 g/mol. The van der Waals surface area contributed by atoms with E-state index >= 15 is 0 Å². The van der Waals surface area contributed by atoms with Crippen LogP contribution in [0.5, 0.6) is 0 Å². The first-order valence-corrected chi connectivity index (χ1v) is 4.31. The van der Waals surface area contributed by atoms with Crippen LogP contribution in [0.3, 0.4) is 0 Å². The molecule has 0 saturated carbocycles. The molecule has 4 heteroatoms. The Morgan fingerprint density at radius 1 is 1.58 bits per heavy atom. The molecule has 0 bridgehead atoms. The lowest BCUT2D eigenvalue weighted by molar-refractivity contribution is 0.155. The topological polar surface area (TPSA) is 35.6 Å². The molecule has 1 rings (SSSR count). The molecule has 0 aromatic rings. The molecule has 0 aromatic heterocycles. The quantitative estimate of drug-likeness (QED) is 0.555. The van der Waals surface area contributed by atoms with E-state index in [1.165, 1.54) is 0 Å². The van der Waals surface area contributed by atoms with Crippen molar-refractivity contribution in [2.75, 3.05) is 33.7 Å². The predicted octanol–water partition coefficient (Wildman–Crippen LogP) is -0.0383. The summed E-state index contributed by atoms with van der Waals surface area (Å²) in [5.41, 5.74) is 0. The third kappa shape index (κ3) is 2.11. The van der Waals surface area contributed by atoms with Crippen molar-refractivity contribution in [1.82, 2.24) is 15.1 Å². The minimum atomic E-state index is 0.114. The van der Waals surface area contributed by atoms with Gasteiger partial charge in [0, 0.05) is 39.8 Å². The highest BCUT2D eigenvalue weighted by molar-refractivity contribution is 5.73. The largest absolute Gasteiger partial charge is 0.331 e. The fourth-order valence-corrected chi connectivity index (χ4v) is 1.39. The predicted molar refractivity (Wildman–Crippen MR) is 48.1 cm³/mol. The van der Waals surface area contributed by atoms with Gasteiger partial charge in [0.25, 0.3) is 0 Å². The van der Waals surface area contributed by atoms with Crippen LogP contribution in [0.15, 0.2) is 0 Å². The molecule has 0 radical (unpaired) electrons. The molecular formula is C8H17N3O. The first-order chi connectivity index (χ1) is 5.61. The SMILES string of the molecule is CC1CN(C(=O)N(C)C)CCN1. The molecule has 1 saturated heterocycles. The lowest BCUT2D eigenvalue weighted by atomic mass is 10.2. The molecule has 1 unspecified atom stereocenters. The van der Waals surface area contributed by atoms with Crippen molar-refractivity contribution in [3.8, 4) is 0 Å². The molecular weight excluding hydrogens is 154 g/mol. The Morgan fingerprint density at radius 2 is 2.25 bits per heavy atom. The van der Waals surface area contributed by atoms with Gasteiger partial charge in [-0.1, -0.05) is 0 Å². The van der Waals surface area contributed by atoms with Gasteiger partial charge in [-0.25, -0.2) is 4.79 Å². The number of urea groups is 1. The van der Waals surface area contributed by atoms with Crippen LogP contribution in [-0.2, 0) is 0 Å². The summed E-state index contributed by atoms with van der Waals surface area (Å²) in [7, 11) is 3.57. The summed E-state index contributed by atoms with van der Waals surface area (Å²) in [6.45, 7) is 4.63. The number of hydrogen-bond donors (Lipinski definition) is 1. The Bertz CT molecular complexity index is 170. The maximum absolute atomic E-state index is 11.5. The summed E-state index contributed by atoms with van der Waals surface area (Å²) in [4.78, 5) is 15.0. The molecule has 4 nitrogen and oxygen atoms in total. The van der Waals surface area contributed by atoms with Crippen molar-refractivity contribution in [3.63, 3.8) is 0 Å². The smallest absolute Gasteiger partial charge is 0.319 e. The number of carbonyl (C=O) groups excluding carboxylic acids is 1. The van der Waals surface area contributed by atoms with Crippen LogP contribution in [-0.4, -0.2) is 55.6 Å². The highest BCUT2D eigenvalue weighted by Gasteiger charge is 2.20. The molecule has 12 heavy (non-hydrogen) atoms. The number of rotatable bonds is 0. The zero-order valence-corrected chi connectivity index (χ0v) is 8.00. The second-order valence-corrected chi connectivity index (χ2v) is 3.48. The molecule has 0 spiro atoms. The van der Waals surface area contributed by atoms with Gasteiger partial charge >= 0.3 is 6.03 Å². The third-order valence-corrected chi connectivity index (χ3v) is 2.02. The first-order valence-electron chi connectivity index (χ1n) is 4.31. The second kappa shape index (κ2) is 3.76. The van der Waals surface area contributed by atoms with Crippen molar-refractivity contribution in [1.29, 1.82) is 0 Å². The molecule has 1 atom stereocenters. The van der Waals surface area contributed by atoms with Gasteiger partial charge in [-0.05, 0) is 6.92 Å². The first kappa shape index (κ1) is 9.32. The van der Waals surface area contributed by atoms with Crippen molar-refractivity contribution in [3.05, 3.63) is 0 Å². The molecule has 0 aliphatic carbocycles. The summed E-state index contributed by atoms with van der Waals surface area (Å²) in [5, 5.41) is 3.29. The summed E-state index contributed by atoms with van der Waals surface area (Å²) in [6, 6.07) is 0.533. The van der Waals surface area contributed by atoms with Gasteiger partial charge in [-0.2, -0.15) is 0 Å². The van der Waals surface area contributed by atoms with E-state index in [0.717, 1.165) is 19.6 Å². The van der Waals surface area contributed by atoms with Gasteiger partial charge in [0.2, 0.25) is 0 Å². The van der Waals surface area contributed by atoms with E-state index in [1.807, 2.05) is 4.90 Å². The van der Waals surface area contributed by atoms with Gasteiger partial charge in [0.15, 0.2) is 0 Å². The number of hydrogen-bond acceptors (Lipinski definition) is 2. The maximum atomic E-state index is 11.5. The number of carbonyl (C=O) groups is 1. The van der Waals surface area contributed by atoms with Gasteiger partial charge in [-0.15, -0.1) is 0 Å². The van der Waals surface area contributed by atoms with Crippen LogP contribution in [0.4, 0.5) is 4.79 Å². The molecule has 1 fully saturated rings. The lowest BCUT2D eigenvalue weighted by Gasteiger charge is -2.33. The van der Waals surface area contributed by atoms with Crippen LogP contribution < -0.4 is 5.32 Å². The Balaban J connectivity index is 2.46. The van der Waals surface area contributed by atoms with Gasteiger partial charge in [0.05, 0.1) is 0 Å².